The second-order valence-electron chi connectivity index (χ2n) is 7.02. The Morgan fingerprint density at radius 3 is 2.54 bits per heavy atom. The van der Waals surface area contributed by atoms with E-state index in [1.54, 1.807) is 0 Å². The van der Waals surface area contributed by atoms with E-state index in [0.29, 0.717) is 5.69 Å². The molecule has 0 radical (unpaired) electrons. The monoisotopic (exact) mass is 361 g/mol. The largest absolute Gasteiger partial charge is 0.490 e. The lowest BCUT2D eigenvalue weighted by Crippen LogP contribution is -2.39. The van der Waals surface area contributed by atoms with E-state index in [1.165, 1.54) is 12.1 Å². The summed E-state index contributed by atoms with van der Waals surface area (Å²) in [7, 11) is 0. The highest BCUT2D eigenvalue weighted by atomic mass is 19.1. The zero-order chi connectivity index (χ0) is 18.1. The molecule has 1 aromatic carbocycles. The molecule has 4 rings (SSSR count). The number of carbonyl (C=O) groups excluding carboxylic acids is 1. The van der Waals surface area contributed by atoms with Crippen molar-refractivity contribution < 1.29 is 18.3 Å². The summed E-state index contributed by atoms with van der Waals surface area (Å²) >= 11 is 0. The summed E-state index contributed by atoms with van der Waals surface area (Å²) in [6.07, 6.45) is 4.95. The van der Waals surface area contributed by atoms with Crippen molar-refractivity contribution in [1.82, 2.24) is 15.1 Å². The minimum Gasteiger partial charge on any atom is -0.490 e. The zero-order valence-electron chi connectivity index (χ0n) is 14.4. The lowest BCUT2D eigenvalue weighted by atomic mass is 9.93. The van der Waals surface area contributed by atoms with Gasteiger partial charge >= 0.3 is 0 Å². The summed E-state index contributed by atoms with van der Waals surface area (Å²) in [5, 5.41) is 7.39. The second-order valence-corrected chi connectivity index (χ2v) is 7.02. The smallest absolute Gasteiger partial charge is 0.272 e. The van der Waals surface area contributed by atoms with Crippen molar-refractivity contribution in [3.05, 3.63) is 47.3 Å². The molecule has 2 aliphatic rings. The SMILES string of the molecule is O=C(NC1CCC(Oc2cc(F)cc(F)c2)CC1)c1cc2n(n1)CCC2. The van der Waals surface area contributed by atoms with Crippen LogP contribution in [0.1, 0.15) is 48.3 Å². The van der Waals surface area contributed by atoms with Crippen LogP contribution in [-0.4, -0.2) is 27.8 Å². The van der Waals surface area contributed by atoms with Crippen molar-refractivity contribution in [1.29, 1.82) is 0 Å². The van der Waals surface area contributed by atoms with Crippen LogP contribution in [0, 0.1) is 11.6 Å². The quantitative estimate of drug-likeness (QED) is 0.910. The van der Waals surface area contributed by atoms with Crippen molar-refractivity contribution in [2.24, 2.45) is 0 Å². The molecule has 7 heteroatoms. The number of aryl methyl sites for hydroxylation is 2. The van der Waals surface area contributed by atoms with E-state index in [0.717, 1.165) is 56.8 Å². The van der Waals surface area contributed by atoms with Gasteiger partial charge in [-0.25, -0.2) is 8.78 Å². The van der Waals surface area contributed by atoms with E-state index in [1.807, 2.05) is 10.7 Å². The zero-order valence-corrected chi connectivity index (χ0v) is 14.4. The molecular formula is C19H21F2N3O2. The molecule has 1 aliphatic heterocycles. The van der Waals surface area contributed by atoms with Gasteiger partial charge in [0.15, 0.2) is 0 Å². The Bertz CT molecular complexity index is 771. The van der Waals surface area contributed by atoms with Gasteiger partial charge in [-0.2, -0.15) is 5.10 Å². The van der Waals surface area contributed by atoms with Crippen molar-refractivity contribution in [2.75, 3.05) is 0 Å². The molecule has 26 heavy (non-hydrogen) atoms. The van der Waals surface area contributed by atoms with Gasteiger partial charge in [-0.05, 0) is 44.6 Å². The summed E-state index contributed by atoms with van der Waals surface area (Å²) < 4.78 is 34.1. The molecule has 1 fully saturated rings. The van der Waals surface area contributed by atoms with Gasteiger partial charge in [-0.3, -0.25) is 9.48 Å². The second kappa shape index (κ2) is 7.05. The van der Waals surface area contributed by atoms with Gasteiger partial charge < -0.3 is 10.1 Å². The molecular weight excluding hydrogens is 340 g/mol. The molecule has 1 saturated carbocycles. The van der Waals surface area contributed by atoms with E-state index in [2.05, 4.69) is 10.4 Å². The predicted molar refractivity (Wildman–Crippen MR) is 91.0 cm³/mol. The van der Waals surface area contributed by atoms with Gasteiger partial charge in [0.1, 0.15) is 23.1 Å². The van der Waals surface area contributed by atoms with Gasteiger partial charge in [0, 0.05) is 36.5 Å². The normalized spacial score (nSPS) is 22.1. The number of amides is 1. The summed E-state index contributed by atoms with van der Waals surface area (Å²) in [6.45, 7) is 0.881. The van der Waals surface area contributed by atoms with Crippen LogP contribution in [0.4, 0.5) is 8.78 Å². The molecule has 2 heterocycles. The maximum atomic E-state index is 13.2. The molecule has 0 unspecified atom stereocenters. The number of fused-ring (bicyclic) bond motifs is 1. The molecule has 1 aromatic heterocycles. The fourth-order valence-electron chi connectivity index (χ4n) is 3.74. The third kappa shape index (κ3) is 3.71. The molecule has 2 aromatic rings. The average Bonchev–Trinajstić information content (AvgIpc) is 3.17. The number of halogens is 2. The number of benzene rings is 1. The minimum absolute atomic E-state index is 0.0723. The first kappa shape index (κ1) is 17.0. The van der Waals surface area contributed by atoms with E-state index >= 15 is 0 Å². The molecule has 1 aliphatic carbocycles. The Hall–Kier alpha value is -2.44. The third-order valence-corrected chi connectivity index (χ3v) is 5.05. The third-order valence-electron chi connectivity index (χ3n) is 5.05. The van der Waals surface area contributed by atoms with Crippen LogP contribution in [0.15, 0.2) is 24.3 Å². The summed E-state index contributed by atoms with van der Waals surface area (Å²) in [5.41, 5.74) is 1.60. The lowest BCUT2D eigenvalue weighted by molar-refractivity contribution is 0.0887. The van der Waals surface area contributed by atoms with Crippen LogP contribution in [-0.2, 0) is 13.0 Å². The summed E-state index contributed by atoms with van der Waals surface area (Å²) in [4.78, 5) is 12.4. The first-order valence-electron chi connectivity index (χ1n) is 9.07. The number of aromatic nitrogens is 2. The van der Waals surface area contributed by atoms with Crippen molar-refractivity contribution >= 4 is 5.91 Å². The Labute approximate surface area is 150 Å². The first-order chi connectivity index (χ1) is 12.6. The van der Waals surface area contributed by atoms with Crippen LogP contribution in [0.3, 0.4) is 0 Å². The number of carbonyl (C=O) groups is 1. The fourth-order valence-corrected chi connectivity index (χ4v) is 3.74. The standard InChI is InChI=1S/C19H21F2N3O2/c20-12-8-13(21)10-17(9-12)26-16-5-3-14(4-6-16)22-19(25)18-11-15-2-1-7-24(15)23-18/h8-11,14,16H,1-7H2,(H,22,25). The lowest BCUT2D eigenvalue weighted by Gasteiger charge is -2.29. The van der Waals surface area contributed by atoms with Gasteiger partial charge in [-0.1, -0.05) is 0 Å². The number of hydrogen-bond acceptors (Lipinski definition) is 3. The number of nitrogens with one attached hydrogen (secondary N) is 1. The van der Waals surface area contributed by atoms with Gasteiger partial charge in [0.25, 0.3) is 5.91 Å². The van der Waals surface area contributed by atoms with Crippen molar-refractivity contribution in [3.8, 4) is 5.75 Å². The Morgan fingerprint density at radius 2 is 1.85 bits per heavy atom. The summed E-state index contributed by atoms with van der Waals surface area (Å²) in [5.74, 6) is -1.22. The molecule has 5 nitrogen and oxygen atoms in total. The Kier molecular flexibility index (Phi) is 4.61. The van der Waals surface area contributed by atoms with Gasteiger partial charge in [-0.15, -0.1) is 0 Å². The van der Waals surface area contributed by atoms with E-state index in [-0.39, 0.29) is 23.8 Å². The molecule has 0 bridgehead atoms. The maximum absolute atomic E-state index is 13.2. The van der Waals surface area contributed by atoms with Crippen LogP contribution in [0.2, 0.25) is 0 Å². The topological polar surface area (TPSA) is 56.1 Å². The number of nitrogens with zero attached hydrogens (tertiary/aromatic N) is 2. The first-order valence-corrected chi connectivity index (χ1v) is 9.07. The van der Waals surface area contributed by atoms with Gasteiger partial charge in [0.05, 0.1) is 6.10 Å². The Balaban J connectivity index is 1.28. The van der Waals surface area contributed by atoms with Crippen LogP contribution in [0.5, 0.6) is 5.75 Å². The molecule has 1 N–H and O–H groups in total. The summed E-state index contributed by atoms with van der Waals surface area (Å²) in [6, 6.07) is 5.15. The number of hydrogen-bond donors (Lipinski definition) is 1. The predicted octanol–water partition coefficient (Wildman–Crippen LogP) is 3.23. The van der Waals surface area contributed by atoms with Crippen LogP contribution < -0.4 is 10.1 Å². The minimum atomic E-state index is -0.645. The molecule has 0 atom stereocenters. The molecule has 138 valence electrons. The molecule has 1 amide bonds. The van der Waals surface area contributed by atoms with Crippen LogP contribution in [0.25, 0.3) is 0 Å². The number of ether oxygens (including phenoxy) is 1. The maximum Gasteiger partial charge on any atom is 0.272 e. The number of rotatable bonds is 4. The van der Waals surface area contributed by atoms with E-state index in [9.17, 15) is 13.6 Å². The fraction of sp³-hybridized carbons (Fsp3) is 0.474. The van der Waals surface area contributed by atoms with E-state index in [4.69, 9.17) is 4.74 Å². The van der Waals surface area contributed by atoms with Gasteiger partial charge in [0.2, 0.25) is 0 Å². The van der Waals surface area contributed by atoms with Crippen molar-refractivity contribution in [3.63, 3.8) is 0 Å². The van der Waals surface area contributed by atoms with E-state index < -0.39 is 11.6 Å². The van der Waals surface area contributed by atoms with Crippen molar-refractivity contribution in [2.45, 2.75) is 57.2 Å². The highest BCUT2D eigenvalue weighted by molar-refractivity contribution is 5.92. The molecule has 0 spiro atoms. The molecule has 0 saturated heterocycles. The van der Waals surface area contributed by atoms with Crippen LogP contribution >= 0.6 is 0 Å². The highest BCUT2D eigenvalue weighted by Gasteiger charge is 2.25. The highest BCUT2D eigenvalue weighted by Crippen LogP contribution is 2.25. The Morgan fingerprint density at radius 1 is 1.12 bits per heavy atom. The average molecular weight is 361 g/mol.